The van der Waals surface area contributed by atoms with Crippen LogP contribution in [0.2, 0.25) is 5.02 Å². The van der Waals surface area contributed by atoms with Crippen LogP contribution < -0.4 is 4.90 Å². The average molecular weight is 382 g/mol. The van der Waals surface area contributed by atoms with E-state index in [1.54, 1.807) is 0 Å². The van der Waals surface area contributed by atoms with E-state index in [9.17, 15) is 4.79 Å². The Bertz CT molecular complexity index is 990. The van der Waals surface area contributed by atoms with Crippen LogP contribution in [-0.2, 0) is 10.2 Å². The molecule has 0 radical (unpaired) electrons. The quantitative estimate of drug-likeness (QED) is 0.700. The molecule has 1 saturated heterocycles. The molecule has 3 heterocycles. The molecule has 1 aromatic carbocycles. The molecule has 1 aliphatic heterocycles. The molecule has 0 bridgehead atoms. The highest BCUT2D eigenvalue weighted by atomic mass is 35.5. The summed E-state index contributed by atoms with van der Waals surface area (Å²) in [5.41, 5.74) is 1.63. The molecule has 138 valence electrons. The Morgan fingerprint density at radius 1 is 0.963 bits per heavy atom. The van der Waals surface area contributed by atoms with Crippen molar-refractivity contribution < 1.29 is 4.79 Å². The number of fused-ring (bicyclic) bond motifs is 1. The summed E-state index contributed by atoms with van der Waals surface area (Å²) >= 11 is 6.12. The molecule has 0 atom stereocenters. The van der Waals surface area contributed by atoms with Gasteiger partial charge in [-0.1, -0.05) is 41.9 Å². The van der Waals surface area contributed by atoms with Crippen molar-refractivity contribution in [2.24, 2.45) is 0 Å². The molecule has 7 heteroatoms. The van der Waals surface area contributed by atoms with E-state index >= 15 is 0 Å². The van der Waals surface area contributed by atoms with Crippen LogP contribution in [-0.4, -0.2) is 51.6 Å². The first kappa shape index (κ1) is 16.6. The standard InChI is InChI=1S/C20H20ClN5O/c21-16-6-7-17-22-23-19(26(17)14-16)25-12-10-24(11-13-25)18(27)20(8-9-20)15-4-2-1-3-5-15/h1-7,14H,8-13H2. The largest absolute Gasteiger partial charge is 0.338 e. The Labute approximate surface area is 162 Å². The van der Waals surface area contributed by atoms with Crippen molar-refractivity contribution >= 4 is 29.1 Å². The predicted octanol–water partition coefficient (Wildman–Crippen LogP) is 2.76. The molecule has 2 aromatic heterocycles. The van der Waals surface area contributed by atoms with E-state index in [-0.39, 0.29) is 11.3 Å². The number of benzene rings is 1. The van der Waals surface area contributed by atoms with Gasteiger partial charge in [-0.05, 0) is 30.5 Å². The Hall–Kier alpha value is -2.60. The summed E-state index contributed by atoms with van der Waals surface area (Å²) in [6, 6.07) is 13.8. The monoisotopic (exact) mass is 381 g/mol. The summed E-state index contributed by atoms with van der Waals surface area (Å²) in [4.78, 5) is 17.4. The Morgan fingerprint density at radius 2 is 1.70 bits per heavy atom. The maximum atomic E-state index is 13.2. The third kappa shape index (κ3) is 2.75. The number of hydrogen-bond acceptors (Lipinski definition) is 4. The van der Waals surface area contributed by atoms with Gasteiger partial charge in [0.1, 0.15) is 0 Å². The van der Waals surface area contributed by atoms with Gasteiger partial charge in [0.2, 0.25) is 11.9 Å². The van der Waals surface area contributed by atoms with Gasteiger partial charge in [0.05, 0.1) is 10.4 Å². The number of pyridine rings is 1. The molecule has 0 unspecified atom stereocenters. The van der Waals surface area contributed by atoms with Crippen molar-refractivity contribution in [3.05, 3.63) is 59.2 Å². The Balaban J connectivity index is 1.32. The number of aromatic nitrogens is 3. The van der Waals surface area contributed by atoms with E-state index in [4.69, 9.17) is 11.6 Å². The van der Waals surface area contributed by atoms with Crippen LogP contribution >= 0.6 is 11.6 Å². The third-order valence-electron chi connectivity index (χ3n) is 5.68. The number of hydrogen-bond donors (Lipinski definition) is 0. The van der Waals surface area contributed by atoms with Crippen LogP contribution in [0.3, 0.4) is 0 Å². The zero-order chi connectivity index (χ0) is 18.4. The molecule has 1 saturated carbocycles. The summed E-state index contributed by atoms with van der Waals surface area (Å²) in [5.74, 6) is 1.05. The van der Waals surface area contributed by atoms with E-state index in [0.717, 1.165) is 43.1 Å². The maximum absolute atomic E-state index is 13.2. The second-order valence-corrected chi connectivity index (χ2v) is 7.74. The Kier molecular flexibility index (Phi) is 3.82. The Morgan fingerprint density at radius 3 is 2.41 bits per heavy atom. The molecule has 0 N–H and O–H groups in total. The minimum atomic E-state index is -0.293. The lowest BCUT2D eigenvalue weighted by Gasteiger charge is -2.36. The van der Waals surface area contributed by atoms with Crippen LogP contribution in [0.5, 0.6) is 0 Å². The minimum absolute atomic E-state index is 0.266. The van der Waals surface area contributed by atoms with Gasteiger partial charge >= 0.3 is 0 Å². The molecule has 27 heavy (non-hydrogen) atoms. The van der Waals surface area contributed by atoms with E-state index in [1.165, 1.54) is 0 Å². The molecule has 6 nitrogen and oxygen atoms in total. The molecule has 1 amide bonds. The van der Waals surface area contributed by atoms with Crippen molar-refractivity contribution in [1.29, 1.82) is 0 Å². The minimum Gasteiger partial charge on any atom is -0.338 e. The SMILES string of the molecule is O=C(N1CCN(c2nnc3ccc(Cl)cn23)CC1)C1(c2ccccc2)CC1. The smallest absolute Gasteiger partial charge is 0.233 e. The fraction of sp³-hybridized carbons (Fsp3) is 0.350. The number of carbonyl (C=O) groups is 1. The molecule has 0 spiro atoms. The zero-order valence-electron chi connectivity index (χ0n) is 14.9. The summed E-state index contributed by atoms with van der Waals surface area (Å²) in [6.07, 6.45) is 3.73. The second kappa shape index (κ2) is 6.23. The number of halogens is 1. The normalized spacial score (nSPS) is 18.7. The maximum Gasteiger partial charge on any atom is 0.233 e. The topological polar surface area (TPSA) is 53.7 Å². The number of piperazine rings is 1. The van der Waals surface area contributed by atoms with Crippen molar-refractivity contribution in [2.75, 3.05) is 31.1 Å². The lowest BCUT2D eigenvalue weighted by Crippen LogP contribution is -2.52. The molecular weight excluding hydrogens is 362 g/mol. The first-order chi connectivity index (χ1) is 13.2. The van der Waals surface area contributed by atoms with Crippen molar-refractivity contribution in [3.63, 3.8) is 0 Å². The van der Waals surface area contributed by atoms with Crippen LogP contribution in [0.4, 0.5) is 5.95 Å². The first-order valence-corrected chi connectivity index (χ1v) is 9.65. The molecule has 2 fully saturated rings. The van der Waals surface area contributed by atoms with E-state index in [0.29, 0.717) is 18.1 Å². The highest BCUT2D eigenvalue weighted by Crippen LogP contribution is 2.49. The summed E-state index contributed by atoms with van der Waals surface area (Å²) < 4.78 is 1.91. The summed E-state index contributed by atoms with van der Waals surface area (Å²) in [7, 11) is 0. The first-order valence-electron chi connectivity index (χ1n) is 9.28. The van der Waals surface area contributed by atoms with Gasteiger partial charge in [0.25, 0.3) is 0 Å². The fourth-order valence-corrected chi connectivity index (χ4v) is 4.15. The van der Waals surface area contributed by atoms with Gasteiger partial charge in [0, 0.05) is 32.4 Å². The average Bonchev–Trinajstić information content (AvgIpc) is 3.43. The zero-order valence-corrected chi connectivity index (χ0v) is 15.6. The highest BCUT2D eigenvalue weighted by Gasteiger charge is 2.53. The van der Waals surface area contributed by atoms with Crippen LogP contribution in [0.1, 0.15) is 18.4 Å². The number of nitrogens with zero attached hydrogens (tertiary/aromatic N) is 5. The van der Waals surface area contributed by atoms with Gasteiger partial charge in [-0.15, -0.1) is 10.2 Å². The summed E-state index contributed by atoms with van der Waals surface area (Å²) in [6.45, 7) is 2.87. The number of amides is 1. The van der Waals surface area contributed by atoms with Crippen molar-refractivity contribution in [2.45, 2.75) is 18.3 Å². The molecule has 1 aliphatic carbocycles. The van der Waals surface area contributed by atoms with Gasteiger partial charge in [-0.25, -0.2) is 0 Å². The molecule has 2 aliphatic rings. The highest BCUT2D eigenvalue weighted by molar-refractivity contribution is 6.30. The van der Waals surface area contributed by atoms with Gasteiger partial charge in [-0.2, -0.15) is 0 Å². The number of carbonyl (C=O) groups excluding carboxylic acids is 1. The van der Waals surface area contributed by atoms with Gasteiger partial charge < -0.3 is 9.80 Å². The number of rotatable bonds is 3. The molecule has 3 aromatic rings. The predicted molar refractivity (Wildman–Crippen MR) is 104 cm³/mol. The lowest BCUT2D eigenvalue weighted by molar-refractivity contribution is -0.134. The molecule has 5 rings (SSSR count). The van der Waals surface area contributed by atoms with E-state index in [1.807, 2.05) is 45.8 Å². The number of anilines is 1. The lowest BCUT2D eigenvalue weighted by atomic mass is 9.94. The third-order valence-corrected chi connectivity index (χ3v) is 5.91. The van der Waals surface area contributed by atoms with Crippen molar-refractivity contribution in [3.8, 4) is 0 Å². The van der Waals surface area contributed by atoms with Crippen LogP contribution in [0.15, 0.2) is 48.7 Å². The van der Waals surface area contributed by atoms with Gasteiger partial charge in [0.15, 0.2) is 5.65 Å². The fourth-order valence-electron chi connectivity index (χ4n) is 3.99. The van der Waals surface area contributed by atoms with Crippen molar-refractivity contribution in [1.82, 2.24) is 19.5 Å². The van der Waals surface area contributed by atoms with Crippen LogP contribution in [0, 0.1) is 0 Å². The second-order valence-electron chi connectivity index (χ2n) is 7.30. The van der Waals surface area contributed by atoms with E-state index < -0.39 is 0 Å². The summed E-state index contributed by atoms with van der Waals surface area (Å²) in [5, 5.41) is 9.17. The van der Waals surface area contributed by atoms with Gasteiger partial charge in [-0.3, -0.25) is 9.20 Å². The van der Waals surface area contributed by atoms with Crippen LogP contribution in [0.25, 0.3) is 5.65 Å². The van der Waals surface area contributed by atoms with E-state index in [2.05, 4.69) is 27.2 Å². The molecular formula is C20H20ClN5O.